The lowest BCUT2D eigenvalue weighted by molar-refractivity contribution is 0.0672. The Kier molecular flexibility index (Phi) is 5.37. The van der Waals surface area contributed by atoms with Crippen molar-refractivity contribution in [1.82, 2.24) is 4.90 Å². The zero-order valence-electron chi connectivity index (χ0n) is 8.72. The van der Waals surface area contributed by atoms with E-state index < -0.39 is 0 Å². The molecule has 0 aliphatic carbocycles. The van der Waals surface area contributed by atoms with Gasteiger partial charge in [-0.05, 0) is 24.9 Å². The summed E-state index contributed by atoms with van der Waals surface area (Å²) in [6.45, 7) is 3.32. The summed E-state index contributed by atoms with van der Waals surface area (Å²) in [5, 5.41) is 3.56. The number of likely N-dealkylation sites (tertiary alicyclic amines) is 1. The van der Waals surface area contributed by atoms with E-state index in [2.05, 4.69) is 14.9 Å². The molecule has 1 fully saturated rings. The van der Waals surface area contributed by atoms with Crippen molar-refractivity contribution >= 4 is 0 Å². The zero-order valence-corrected chi connectivity index (χ0v) is 8.72. The second-order valence-corrected chi connectivity index (χ2v) is 3.60. The van der Waals surface area contributed by atoms with Crippen LogP contribution in [0.25, 0.3) is 10.4 Å². The maximum atomic E-state index is 8.18. The molecule has 1 rings (SSSR count). The second kappa shape index (κ2) is 6.65. The fraction of sp³-hybridized carbons (Fsp3) is 1.00. The number of nitrogens with zero attached hydrogens (tertiary/aromatic N) is 4. The van der Waals surface area contributed by atoms with Gasteiger partial charge in [0.05, 0.1) is 6.61 Å². The number of hydrogen-bond donors (Lipinski definition) is 0. The minimum Gasteiger partial charge on any atom is -0.383 e. The molecule has 1 heterocycles. The predicted molar refractivity (Wildman–Crippen MR) is 55.1 cm³/mol. The van der Waals surface area contributed by atoms with Crippen molar-refractivity contribution < 1.29 is 4.74 Å². The van der Waals surface area contributed by atoms with E-state index >= 15 is 0 Å². The van der Waals surface area contributed by atoms with E-state index in [0.717, 1.165) is 19.7 Å². The molecule has 0 radical (unpaired) electrons. The molecule has 0 N–H and O–H groups in total. The molecule has 1 saturated heterocycles. The van der Waals surface area contributed by atoms with Gasteiger partial charge in [0.25, 0.3) is 0 Å². The summed E-state index contributed by atoms with van der Waals surface area (Å²) in [6.07, 6.45) is 3.73. The fourth-order valence-electron chi connectivity index (χ4n) is 1.95. The van der Waals surface area contributed by atoms with Gasteiger partial charge in [0.2, 0.25) is 0 Å². The molecule has 0 unspecified atom stereocenters. The average molecular weight is 198 g/mol. The van der Waals surface area contributed by atoms with Crippen molar-refractivity contribution in [2.24, 2.45) is 5.11 Å². The molecule has 80 valence electrons. The lowest BCUT2D eigenvalue weighted by Gasteiger charge is -2.34. The van der Waals surface area contributed by atoms with Crippen molar-refractivity contribution in [3.63, 3.8) is 0 Å². The molecule has 14 heavy (non-hydrogen) atoms. The van der Waals surface area contributed by atoms with E-state index in [-0.39, 0.29) is 0 Å². The highest BCUT2D eigenvalue weighted by molar-refractivity contribution is 4.76. The van der Waals surface area contributed by atoms with Gasteiger partial charge >= 0.3 is 0 Å². The standard InChI is InChI=1S/C9H18N4O/c1-14-8-9-4-2-3-6-13(9)7-5-11-12-10/h9H,2-8H2,1H3/t9-/m0/s1. The third kappa shape index (κ3) is 3.54. The van der Waals surface area contributed by atoms with Crippen LogP contribution in [-0.2, 0) is 4.74 Å². The Balaban J connectivity index is 2.33. The van der Waals surface area contributed by atoms with Gasteiger partial charge in [0.15, 0.2) is 0 Å². The molecule has 1 aliphatic rings. The van der Waals surface area contributed by atoms with Crippen LogP contribution in [-0.4, -0.2) is 44.3 Å². The van der Waals surface area contributed by atoms with E-state index in [1.807, 2.05) is 0 Å². The Morgan fingerprint density at radius 3 is 3.14 bits per heavy atom. The van der Waals surface area contributed by atoms with Crippen LogP contribution in [0, 0.1) is 0 Å². The van der Waals surface area contributed by atoms with Gasteiger partial charge in [-0.3, -0.25) is 4.90 Å². The van der Waals surface area contributed by atoms with E-state index in [4.69, 9.17) is 10.3 Å². The molecule has 5 nitrogen and oxygen atoms in total. The van der Waals surface area contributed by atoms with Crippen LogP contribution in [0.2, 0.25) is 0 Å². The highest BCUT2D eigenvalue weighted by Crippen LogP contribution is 2.16. The summed E-state index contributed by atoms with van der Waals surface area (Å²) in [4.78, 5) is 5.12. The third-order valence-corrected chi connectivity index (χ3v) is 2.66. The first-order valence-corrected chi connectivity index (χ1v) is 5.12. The van der Waals surface area contributed by atoms with Gasteiger partial charge in [-0.15, -0.1) is 0 Å². The van der Waals surface area contributed by atoms with Crippen molar-refractivity contribution in [1.29, 1.82) is 0 Å². The van der Waals surface area contributed by atoms with E-state index in [1.54, 1.807) is 7.11 Å². The van der Waals surface area contributed by atoms with Crippen LogP contribution in [0.5, 0.6) is 0 Å². The number of rotatable bonds is 5. The summed E-state index contributed by atoms with van der Waals surface area (Å²) >= 11 is 0. The molecule has 0 spiro atoms. The SMILES string of the molecule is COC[C@@H]1CCCCN1CCN=[N+]=[N-]. The predicted octanol–water partition coefficient (Wildman–Crippen LogP) is 1.80. The minimum absolute atomic E-state index is 0.516. The molecule has 0 amide bonds. The Bertz CT molecular complexity index is 201. The number of azide groups is 1. The molecule has 0 bridgehead atoms. The van der Waals surface area contributed by atoms with E-state index in [1.165, 1.54) is 19.3 Å². The Morgan fingerprint density at radius 2 is 2.43 bits per heavy atom. The van der Waals surface area contributed by atoms with Gasteiger partial charge in [0, 0.05) is 31.2 Å². The van der Waals surface area contributed by atoms with Gasteiger partial charge in [-0.25, -0.2) is 0 Å². The third-order valence-electron chi connectivity index (χ3n) is 2.66. The van der Waals surface area contributed by atoms with Gasteiger partial charge in [0.1, 0.15) is 0 Å². The highest BCUT2D eigenvalue weighted by atomic mass is 16.5. The van der Waals surface area contributed by atoms with Crippen molar-refractivity contribution in [2.75, 3.05) is 33.4 Å². The molecule has 0 saturated carbocycles. The quantitative estimate of drug-likeness (QED) is 0.384. The number of methoxy groups -OCH3 is 1. The van der Waals surface area contributed by atoms with Crippen LogP contribution < -0.4 is 0 Å². The number of ether oxygens (including phenoxy) is 1. The first-order chi connectivity index (χ1) is 6.88. The van der Waals surface area contributed by atoms with Gasteiger partial charge < -0.3 is 4.74 Å². The molecule has 1 atom stereocenters. The fourth-order valence-corrected chi connectivity index (χ4v) is 1.95. The topological polar surface area (TPSA) is 61.2 Å². The molecule has 0 aromatic carbocycles. The molecule has 1 aliphatic heterocycles. The second-order valence-electron chi connectivity index (χ2n) is 3.60. The molecule has 0 aromatic rings. The molecular formula is C9H18N4O. The van der Waals surface area contributed by atoms with Crippen LogP contribution >= 0.6 is 0 Å². The molecular weight excluding hydrogens is 180 g/mol. The summed E-state index contributed by atoms with van der Waals surface area (Å²) in [5.41, 5.74) is 8.18. The van der Waals surface area contributed by atoms with E-state index in [9.17, 15) is 0 Å². The smallest absolute Gasteiger partial charge is 0.0618 e. The summed E-state index contributed by atoms with van der Waals surface area (Å²) in [5.74, 6) is 0. The van der Waals surface area contributed by atoms with Crippen LogP contribution in [0.15, 0.2) is 5.11 Å². The maximum Gasteiger partial charge on any atom is 0.0618 e. The normalized spacial score (nSPS) is 23.1. The van der Waals surface area contributed by atoms with Crippen LogP contribution in [0.3, 0.4) is 0 Å². The lowest BCUT2D eigenvalue weighted by Crippen LogP contribution is -2.43. The van der Waals surface area contributed by atoms with Crippen molar-refractivity contribution in [2.45, 2.75) is 25.3 Å². The molecule has 0 aromatic heterocycles. The van der Waals surface area contributed by atoms with E-state index in [0.29, 0.717) is 12.6 Å². The monoisotopic (exact) mass is 198 g/mol. The summed E-state index contributed by atoms with van der Waals surface area (Å²) in [6, 6.07) is 0.516. The van der Waals surface area contributed by atoms with Crippen molar-refractivity contribution in [3.8, 4) is 0 Å². The first-order valence-electron chi connectivity index (χ1n) is 5.12. The molecule has 5 heteroatoms. The number of hydrogen-bond acceptors (Lipinski definition) is 3. The van der Waals surface area contributed by atoms with Crippen LogP contribution in [0.1, 0.15) is 19.3 Å². The Morgan fingerprint density at radius 1 is 1.57 bits per heavy atom. The van der Waals surface area contributed by atoms with Crippen LogP contribution in [0.4, 0.5) is 0 Å². The summed E-state index contributed by atoms with van der Waals surface area (Å²) in [7, 11) is 1.74. The largest absolute Gasteiger partial charge is 0.383 e. The minimum atomic E-state index is 0.516. The summed E-state index contributed by atoms with van der Waals surface area (Å²) < 4.78 is 5.17. The van der Waals surface area contributed by atoms with Gasteiger partial charge in [-0.1, -0.05) is 11.5 Å². The lowest BCUT2D eigenvalue weighted by atomic mass is 10.0. The Labute approximate surface area is 84.7 Å². The first kappa shape index (κ1) is 11.3. The Hall–Kier alpha value is -0.770. The maximum absolute atomic E-state index is 8.18. The number of piperidine rings is 1. The highest BCUT2D eigenvalue weighted by Gasteiger charge is 2.21. The van der Waals surface area contributed by atoms with Gasteiger partial charge in [-0.2, -0.15) is 0 Å². The average Bonchev–Trinajstić information content (AvgIpc) is 2.21. The zero-order chi connectivity index (χ0) is 10.2. The van der Waals surface area contributed by atoms with Crippen molar-refractivity contribution in [3.05, 3.63) is 10.4 Å².